The number of pyridine rings is 1. The molecule has 0 saturated carbocycles. The number of piperazine rings is 1. The number of nitrogens with zero attached hydrogens (tertiary/aromatic N) is 3. The van der Waals surface area contributed by atoms with Crippen LogP contribution in [0.1, 0.15) is 6.92 Å². The maximum absolute atomic E-state index is 13.1. The number of hydrogen-bond donors (Lipinski definition) is 0. The van der Waals surface area contributed by atoms with Crippen molar-refractivity contribution in [1.29, 1.82) is 0 Å². The van der Waals surface area contributed by atoms with Gasteiger partial charge in [-0.1, -0.05) is 6.07 Å². The molecule has 0 unspecified atom stereocenters. The molecule has 1 saturated heterocycles. The summed E-state index contributed by atoms with van der Waals surface area (Å²) in [5.74, 6) is 0.782. The zero-order valence-electron chi connectivity index (χ0n) is 17.0. The number of ether oxygens (including phenoxy) is 3. The van der Waals surface area contributed by atoms with Gasteiger partial charge in [0.25, 0.3) is 0 Å². The van der Waals surface area contributed by atoms with Gasteiger partial charge in [-0.15, -0.1) is 0 Å². The van der Waals surface area contributed by atoms with Crippen LogP contribution in [0.2, 0.25) is 0 Å². The lowest BCUT2D eigenvalue weighted by Gasteiger charge is -2.34. The molecule has 1 aliphatic rings. The number of sulfonamides is 1. The molecule has 0 atom stereocenters. The Balaban J connectivity index is 1.72. The van der Waals surface area contributed by atoms with Gasteiger partial charge in [0.2, 0.25) is 10.0 Å². The second kappa shape index (κ2) is 9.77. The van der Waals surface area contributed by atoms with Gasteiger partial charge in [-0.3, -0.25) is 0 Å². The van der Waals surface area contributed by atoms with E-state index >= 15 is 0 Å². The molecule has 9 nitrogen and oxygen atoms in total. The Kier molecular flexibility index (Phi) is 7.11. The Morgan fingerprint density at radius 2 is 1.87 bits per heavy atom. The van der Waals surface area contributed by atoms with E-state index < -0.39 is 16.0 Å². The molecule has 3 rings (SSSR count). The van der Waals surface area contributed by atoms with Crippen molar-refractivity contribution in [3.8, 4) is 11.5 Å². The topological polar surface area (TPSA) is 98.3 Å². The van der Waals surface area contributed by atoms with E-state index in [0.717, 1.165) is 5.82 Å². The van der Waals surface area contributed by atoms with Gasteiger partial charge in [-0.2, -0.15) is 4.31 Å². The summed E-state index contributed by atoms with van der Waals surface area (Å²) in [4.78, 5) is 18.0. The molecule has 1 aromatic carbocycles. The molecule has 30 heavy (non-hydrogen) atoms. The number of carbonyl (C=O) groups excluding carboxylic acids is 1. The van der Waals surface area contributed by atoms with Crippen LogP contribution in [-0.4, -0.2) is 70.2 Å². The quantitative estimate of drug-likeness (QED) is 0.576. The second-order valence-corrected chi connectivity index (χ2v) is 8.42. The summed E-state index contributed by atoms with van der Waals surface area (Å²) < 4.78 is 43.2. The summed E-state index contributed by atoms with van der Waals surface area (Å²) in [6.07, 6.45) is 1.72. The number of rotatable bonds is 8. The van der Waals surface area contributed by atoms with E-state index in [9.17, 15) is 13.2 Å². The standard InChI is InChI=1S/C20H25N3O6S/c1-3-28-20(24)15-29-18-14-16(7-8-17(18)27-2)30(25,26)23-12-10-22(11-13-23)19-6-4-5-9-21-19/h4-9,14H,3,10-13,15H2,1-2H3. The zero-order chi connectivity index (χ0) is 21.6. The number of anilines is 1. The molecule has 0 aliphatic carbocycles. The minimum Gasteiger partial charge on any atom is -0.493 e. The maximum Gasteiger partial charge on any atom is 0.344 e. The minimum atomic E-state index is -3.73. The molecule has 162 valence electrons. The van der Waals surface area contributed by atoms with Crippen molar-refractivity contribution in [3.63, 3.8) is 0 Å². The van der Waals surface area contributed by atoms with Crippen LogP contribution >= 0.6 is 0 Å². The van der Waals surface area contributed by atoms with Crippen LogP contribution in [0.4, 0.5) is 5.82 Å². The Morgan fingerprint density at radius 1 is 1.10 bits per heavy atom. The molecule has 1 aliphatic heterocycles. The summed E-state index contributed by atoms with van der Waals surface area (Å²) in [5, 5.41) is 0. The van der Waals surface area contributed by atoms with E-state index in [4.69, 9.17) is 14.2 Å². The van der Waals surface area contributed by atoms with Crippen LogP contribution < -0.4 is 14.4 Å². The summed E-state index contributed by atoms with van der Waals surface area (Å²) in [5.41, 5.74) is 0. The van der Waals surface area contributed by atoms with Gasteiger partial charge >= 0.3 is 5.97 Å². The monoisotopic (exact) mass is 435 g/mol. The van der Waals surface area contributed by atoms with E-state index in [1.54, 1.807) is 13.1 Å². The first-order valence-corrected chi connectivity index (χ1v) is 11.0. The smallest absolute Gasteiger partial charge is 0.344 e. The second-order valence-electron chi connectivity index (χ2n) is 6.49. The van der Waals surface area contributed by atoms with Crippen LogP contribution in [0.15, 0.2) is 47.5 Å². The van der Waals surface area contributed by atoms with Crippen molar-refractivity contribution in [1.82, 2.24) is 9.29 Å². The Morgan fingerprint density at radius 3 is 2.50 bits per heavy atom. The van der Waals surface area contributed by atoms with Gasteiger partial charge in [0, 0.05) is 38.4 Å². The van der Waals surface area contributed by atoms with Gasteiger partial charge < -0.3 is 19.1 Å². The van der Waals surface area contributed by atoms with Crippen LogP contribution in [0.3, 0.4) is 0 Å². The molecule has 10 heteroatoms. The molecule has 2 aromatic rings. The molecular weight excluding hydrogens is 410 g/mol. The van der Waals surface area contributed by atoms with Crippen molar-refractivity contribution < 1.29 is 27.4 Å². The number of benzene rings is 1. The molecule has 0 amide bonds. The van der Waals surface area contributed by atoms with Gasteiger partial charge in [0.1, 0.15) is 5.82 Å². The van der Waals surface area contributed by atoms with Crippen LogP contribution in [0, 0.1) is 0 Å². The predicted molar refractivity (Wildman–Crippen MR) is 110 cm³/mol. The van der Waals surface area contributed by atoms with Gasteiger partial charge in [0.15, 0.2) is 18.1 Å². The first-order chi connectivity index (χ1) is 14.5. The number of carbonyl (C=O) groups is 1. The first kappa shape index (κ1) is 21.8. The molecule has 2 heterocycles. The third kappa shape index (κ3) is 5.00. The fraction of sp³-hybridized carbons (Fsp3) is 0.400. The average molecular weight is 436 g/mol. The number of methoxy groups -OCH3 is 1. The largest absolute Gasteiger partial charge is 0.493 e. The van der Waals surface area contributed by atoms with Crippen molar-refractivity contribution >= 4 is 21.8 Å². The van der Waals surface area contributed by atoms with E-state index in [0.29, 0.717) is 31.9 Å². The molecule has 0 bridgehead atoms. The minimum absolute atomic E-state index is 0.0773. The lowest BCUT2D eigenvalue weighted by Crippen LogP contribution is -2.48. The Hall–Kier alpha value is -2.85. The van der Waals surface area contributed by atoms with Crippen LogP contribution in [0.25, 0.3) is 0 Å². The fourth-order valence-corrected chi connectivity index (χ4v) is 4.56. The number of esters is 1. The molecule has 0 radical (unpaired) electrons. The molecule has 0 spiro atoms. The summed E-state index contributed by atoms with van der Waals surface area (Å²) >= 11 is 0. The Labute approximate surface area is 176 Å². The zero-order valence-corrected chi connectivity index (χ0v) is 17.8. The van der Waals surface area contributed by atoms with Crippen molar-refractivity contribution in [2.45, 2.75) is 11.8 Å². The fourth-order valence-electron chi connectivity index (χ4n) is 3.12. The van der Waals surface area contributed by atoms with Crippen LogP contribution in [0.5, 0.6) is 11.5 Å². The van der Waals surface area contributed by atoms with E-state index in [1.165, 1.54) is 29.6 Å². The van der Waals surface area contributed by atoms with E-state index in [2.05, 4.69) is 4.98 Å². The average Bonchev–Trinajstić information content (AvgIpc) is 2.78. The lowest BCUT2D eigenvalue weighted by atomic mass is 10.3. The highest BCUT2D eigenvalue weighted by molar-refractivity contribution is 7.89. The summed E-state index contributed by atoms with van der Waals surface area (Å²) in [6, 6.07) is 10.0. The number of hydrogen-bond acceptors (Lipinski definition) is 8. The lowest BCUT2D eigenvalue weighted by molar-refractivity contribution is -0.145. The SMILES string of the molecule is CCOC(=O)COc1cc(S(=O)(=O)N2CCN(c3ccccn3)CC2)ccc1OC. The van der Waals surface area contributed by atoms with Crippen molar-refractivity contribution in [2.24, 2.45) is 0 Å². The summed E-state index contributed by atoms with van der Waals surface area (Å²) in [7, 11) is -2.29. The van der Waals surface area contributed by atoms with Crippen molar-refractivity contribution in [2.75, 3.05) is 51.4 Å². The maximum atomic E-state index is 13.1. The van der Waals surface area contributed by atoms with Gasteiger partial charge in [0.05, 0.1) is 18.6 Å². The highest BCUT2D eigenvalue weighted by Crippen LogP contribution is 2.31. The number of aromatic nitrogens is 1. The predicted octanol–water partition coefficient (Wildman–Crippen LogP) is 1.54. The first-order valence-electron chi connectivity index (χ1n) is 9.58. The summed E-state index contributed by atoms with van der Waals surface area (Å²) in [6.45, 7) is 3.35. The molecule has 1 fully saturated rings. The van der Waals surface area contributed by atoms with Crippen LogP contribution in [-0.2, 0) is 19.6 Å². The molecular formula is C20H25N3O6S. The molecule has 0 N–H and O–H groups in total. The van der Waals surface area contributed by atoms with Crippen molar-refractivity contribution in [3.05, 3.63) is 42.6 Å². The highest BCUT2D eigenvalue weighted by atomic mass is 32.2. The van der Waals surface area contributed by atoms with Gasteiger partial charge in [-0.05, 0) is 31.2 Å². The Bertz CT molecular complexity index is 960. The van der Waals surface area contributed by atoms with Gasteiger partial charge in [-0.25, -0.2) is 18.2 Å². The molecule has 1 aromatic heterocycles. The third-order valence-corrected chi connectivity index (χ3v) is 6.53. The highest BCUT2D eigenvalue weighted by Gasteiger charge is 2.29. The normalized spacial score (nSPS) is 14.9. The van der Waals surface area contributed by atoms with E-state index in [-0.39, 0.29) is 23.9 Å². The third-order valence-electron chi connectivity index (χ3n) is 4.64. The van der Waals surface area contributed by atoms with E-state index in [1.807, 2.05) is 23.1 Å².